The van der Waals surface area contributed by atoms with E-state index in [2.05, 4.69) is 15.3 Å². The van der Waals surface area contributed by atoms with Crippen molar-refractivity contribution in [1.29, 1.82) is 0 Å². The SMILES string of the molecule is CN(C)C(=O)CN(C)c1cnc(-c2cn(CC3OCC4(CC4)CO3)nn2)c(OC2CC2)c1. The van der Waals surface area contributed by atoms with Crippen LogP contribution in [0.5, 0.6) is 5.75 Å². The van der Waals surface area contributed by atoms with Gasteiger partial charge in [0.1, 0.15) is 17.1 Å². The molecule has 3 fully saturated rings. The van der Waals surface area contributed by atoms with E-state index >= 15 is 0 Å². The molecule has 172 valence electrons. The fraction of sp³-hybridized carbons (Fsp3) is 0.636. The lowest BCUT2D eigenvalue weighted by Gasteiger charge is -2.29. The van der Waals surface area contributed by atoms with Crippen LogP contribution in [-0.2, 0) is 20.8 Å². The van der Waals surface area contributed by atoms with Gasteiger partial charge in [-0.2, -0.15) is 0 Å². The number of rotatable bonds is 8. The molecule has 0 bridgehead atoms. The smallest absolute Gasteiger partial charge is 0.241 e. The highest BCUT2D eigenvalue weighted by Crippen LogP contribution is 2.48. The lowest BCUT2D eigenvalue weighted by atomic mass is 10.1. The Labute approximate surface area is 187 Å². The van der Waals surface area contributed by atoms with Crippen molar-refractivity contribution >= 4 is 11.6 Å². The van der Waals surface area contributed by atoms with E-state index in [-0.39, 0.29) is 30.3 Å². The van der Waals surface area contributed by atoms with E-state index in [1.807, 2.05) is 24.2 Å². The minimum atomic E-state index is -0.309. The van der Waals surface area contributed by atoms with Crippen LogP contribution < -0.4 is 9.64 Å². The zero-order valence-corrected chi connectivity index (χ0v) is 18.9. The van der Waals surface area contributed by atoms with Crippen LogP contribution >= 0.6 is 0 Å². The fourth-order valence-electron chi connectivity index (χ4n) is 3.58. The third-order valence-corrected chi connectivity index (χ3v) is 6.19. The minimum Gasteiger partial charge on any atom is -0.488 e. The van der Waals surface area contributed by atoms with Gasteiger partial charge >= 0.3 is 0 Å². The molecule has 0 N–H and O–H groups in total. The van der Waals surface area contributed by atoms with Gasteiger partial charge in [-0.05, 0) is 25.7 Å². The van der Waals surface area contributed by atoms with E-state index in [0.29, 0.717) is 23.7 Å². The molecule has 3 heterocycles. The van der Waals surface area contributed by atoms with Crippen LogP contribution in [0.1, 0.15) is 25.7 Å². The molecule has 10 heteroatoms. The van der Waals surface area contributed by atoms with Gasteiger partial charge in [0.15, 0.2) is 6.29 Å². The molecule has 1 spiro atoms. The molecule has 0 radical (unpaired) electrons. The van der Waals surface area contributed by atoms with Crippen molar-refractivity contribution in [1.82, 2.24) is 24.9 Å². The molecule has 1 aliphatic heterocycles. The van der Waals surface area contributed by atoms with Crippen molar-refractivity contribution in [3.05, 3.63) is 18.5 Å². The lowest BCUT2D eigenvalue weighted by Crippen LogP contribution is -2.36. The second-order valence-electron chi connectivity index (χ2n) is 9.38. The van der Waals surface area contributed by atoms with Gasteiger partial charge in [0.25, 0.3) is 0 Å². The third kappa shape index (κ3) is 4.71. The maximum atomic E-state index is 12.1. The van der Waals surface area contributed by atoms with Gasteiger partial charge in [-0.1, -0.05) is 5.21 Å². The Balaban J connectivity index is 1.30. The second kappa shape index (κ2) is 8.32. The highest BCUT2D eigenvalue weighted by molar-refractivity contribution is 5.81. The molecule has 2 saturated carbocycles. The van der Waals surface area contributed by atoms with Crippen LogP contribution in [0.15, 0.2) is 18.5 Å². The molecule has 2 aromatic rings. The van der Waals surface area contributed by atoms with Crippen LogP contribution in [0.2, 0.25) is 0 Å². The summed E-state index contributed by atoms with van der Waals surface area (Å²) in [7, 11) is 5.36. The Kier molecular flexibility index (Phi) is 5.50. The van der Waals surface area contributed by atoms with E-state index in [9.17, 15) is 4.79 Å². The van der Waals surface area contributed by atoms with E-state index in [1.54, 1.807) is 29.9 Å². The molecule has 1 saturated heterocycles. The zero-order valence-electron chi connectivity index (χ0n) is 18.9. The van der Waals surface area contributed by atoms with Crippen molar-refractivity contribution in [2.45, 2.75) is 44.6 Å². The lowest BCUT2D eigenvalue weighted by molar-refractivity contribution is -0.213. The molecular weight excluding hydrogens is 412 g/mol. The number of aromatic nitrogens is 4. The maximum absolute atomic E-state index is 12.1. The number of amides is 1. The van der Waals surface area contributed by atoms with Crippen LogP contribution in [0.3, 0.4) is 0 Å². The third-order valence-electron chi connectivity index (χ3n) is 6.19. The van der Waals surface area contributed by atoms with Crippen LogP contribution in [0.25, 0.3) is 11.4 Å². The first kappa shape index (κ1) is 21.1. The van der Waals surface area contributed by atoms with Gasteiger partial charge in [0.2, 0.25) is 5.91 Å². The molecule has 10 nitrogen and oxygen atoms in total. The van der Waals surface area contributed by atoms with E-state index < -0.39 is 0 Å². The normalized spacial score (nSPS) is 19.7. The molecule has 2 aliphatic carbocycles. The minimum absolute atomic E-state index is 0.0175. The summed E-state index contributed by atoms with van der Waals surface area (Å²) in [5.41, 5.74) is 2.36. The molecular formula is C22H30N6O4. The highest BCUT2D eigenvalue weighted by Gasteiger charge is 2.47. The van der Waals surface area contributed by atoms with Gasteiger partial charge in [-0.3, -0.25) is 4.79 Å². The Bertz CT molecular complexity index is 975. The first-order valence-electron chi connectivity index (χ1n) is 11.1. The summed E-state index contributed by atoms with van der Waals surface area (Å²) in [5, 5.41) is 8.55. The number of ether oxygens (including phenoxy) is 3. The Morgan fingerprint density at radius 3 is 2.66 bits per heavy atom. The van der Waals surface area contributed by atoms with Gasteiger partial charge in [-0.25, -0.2) is 9.67 Å². The summed E-state index contributed by atoms with van der Waals surface area (Å²) in [6.07, 6.45) is 7.92. The molecule has 0 unspecified atom stereocenters. The van der Waals surface area contributed by atoms with Crippen molar-refractivity contribution in [3.8, 4) is 17.1 Å². The molecule has 32 heavy (non-hydrogen) atoms. The molecule has 0 atom stereocenters. The Hall–Kier alpha value is -2.72. The van der Waals surface area contributed by atoms with Gasteiger partial charge in [0, 0.05) is 32.6 Å². The predicted octanol–water partition coefficient (Wildman–Crippen LogP) is 1.56. The number of nitrogens with zero attached hydrogens (tertiary/aromatic N) is 6. The zero-order chi connectivity index (χ0) is 22.3. The summed E-state index contributed by atoms with van der Waals surface area (Å²) < 4.78 is 19.6. The number of anilines is 1. The van der Waals surface area contributed by atoms with Crippen LogP contribution in [-0.4, -0.2) is 84.1 Å². The molecule has 2 aromatic heterocycles. The van der Waals surface area contributed by atoms with Gasteiger partial charge in [-0.15, -0.1) is 5.10 Å². The van der Waals surface area contributed by atoms with Crippen LogP contribution in [0, 0.1) is 5.41 Å². The molecule has 5 rings (SSSR count). The number of hydrogen-bond donors (Lipinski definition) is 0. The average Bonchev–Trinajstić information content (AvgIpc) is 3.70. The van der Waals surface area contributed by atoms with Gasteiger partial charge in [0.05, 0.1) is 50.5 Å². The van der Waals surface area contributed by atoms with Crippen LogP contribution in [0.4, 0.5) is 5.69 Å². The fourth-order valence-corrected chi connectivity index (χ4v) is 3.58. The standard InChI is InChI=1S/C22H30N6O4/c1-26(2)19(29)11-27(3)15-8-18(32-16-4-5-16)21(23-9-15)17-10-28(25-24-17)12-20-30-13-22(6-7-22)14-31-20/h8-10,16,20H,4-7,11-14H2,1-3H3. The number of pyridine rings is 1. The number of likely N-dealkylation sites (N-methyl/N-ethyl adjacent to an activating group) is 2. The summed E-state index contributed by atoms with van der Waals surface area (Å²) in [5.74, 6) is 0.672. The van der Waals surface area contributed by atoms with Crippen molar-refractivity contribution < 1.29 is 19.0 Å². The second-order valence-corrected chi connectivity index (χ2v) is 9.38. The number of carbonyl (C=O) groups is 1. The first-order valence-corrected chi connectivity index (χ1v) is 11.1. The molecule has 0 aromatic carbocycles. The summed E-state index contributed by atoms with van der Waals surface area (Å²) in [4.78, 5) is 20.1. The average molecular weight is 443 g/mol. The van der Waals surface area contributed by atoms with Crippen molar-refractivity contribution in [2.75, 3.05) is 45.8 Å². The molecule has 1 amide bonds. The van der Waals surface area contributed by atoms with Crippen molar-refractivity contribution in [3.63, 3.8) is 0 Å². The topological polar surface area (TPSA) is 94.8 Å². The molecule has 3 aliphatic rings. The summed E-state index contributed by atoms with van der Waals surface area (Å²) in [6, 6.07) is 1.92. The Morgan fingerprint density at radius 1 is 1.25 bits per heavy atom. The first-order chi connectivity index (χ1) is 15.4. The summed E-state index contributed by atoms with van der Waals surface area (Å²) in [6.45, 7) is 2.25. The summed E-state index contributed by atoms with van der Waals surface area (Å²) >= 11 is 0. The number of carbonyl (C=O) groups excluding carboxylic acids is 1. The van der Waals surface area contributed by atoms with E-state index in [0.717, 1.165) is 31.7 Å². The van der Waals surface area contributed by atoms with E-state index in [1.165, 1.54) is 12.8 Å². The highest BCUT2D eigenvalue weighted by atomic mass is 16.7. The largest absolute Gasteiger partial charge is 0.488 e. The number of hydrogen-bond acceptors (Lipinski definition) is 8. The van der Waals surface area contributed by atoms with Crippen molar-refractivity contribution in [2.24, 2.45) is 5.41 Å². The maximum Gasteiger partial charge on any atom is 0.241 e. The van der Waals surface area contributed by atoms with Gasteiger partial charge < -0.3 is 24.0 Å². The predicted molar refractivity (Wildman–Crippen MR) is 116 cm³/mol. The quantitative estimate of drug-likeness (QED) is 0.608. The Morgan fingerprint density at radius 2 is 2.00 bits per heavy atom. The van der Waals surface area contributed by atoms with E-state index in [4.69, 9.17) is 14.2 Å². The monoisotopic (exact) mass is 442 g/mol.